The van der Waals surface area contributed by atoms with Gasteiger partial charge in [-0.3, -0.25) is 0 Å². The van der Waals surface area contributed by atoms with Crippen molar-refractivity contribution in [2.24, 2.45) is 0 Å². The Kier molecular flexibility index (Phi) is 5.19. The number of nitrogens with zero attached hydrogens (tertiary/aromatic N) is 2. The third-order valence-electron chi connectivity index (χ3n) is 1.96. The van der Waals surface area contributed by atoms with Gasteiger partial charge in [-0.25, -0.2) is 9.78 Å². The van der Waals surface area contributed by atoms with E-state index < -0.39 is 5.97 Å². The van der Waals surface area contributed by atoms with Gasteiger partial charge in [0.05, 0.1) is 13.7 Å². The number of esters is 1. The monoisotopic (exact) mass is 247 g/mol. The number of nitrogens with one attached hydrogen (secondary N) is 1. The van der Waals surface area contributed by atoms with Gasteiger partial charge >= 0.3 is 5.97 Å². The summed E-state index contributed by atoms with van der Waals surface area (Å²) in [5.41, 5.74) is -0.135. The smallest absolute Gasteiger partial charge is 0.350 e. The molecule has 0 aliphatic rings. The Morgan fingerprint density at radius 1 is 1.67 bits per heavy atom. The van der Waals surface area contributed by atoms with Crippen LogP contribution in [0, 0.1) is 11.3 Å². The van der Waals surface area contributed by atoms with Crippen molar-refractivity contribution in [1.29, 1.82) is 5.26 Å². The molecular formula is C12H13N3O3. The van der Waals surface area contributed by atoms with Gasteiger partial charge in [0.25, 0.3) is 0 Å². The van der Waals surface area contributed by atoms with E-state index >= 15 is 0 Å². The fraction of sp³-hybridized carbons (Fsp3) is 0.250. The minimum Gasteiger partial charge on any atom is -0.493 e. The molecule has 0 fully saturated rings. The number of nitriles is 1. The molecule has 18 heavy (non-hydrogen) atoms. The van der Waals surface area contributed by atoms with Crippen molar-refractivity contribution in [3.63, 3.8) is 0 Å². The highest BCUT2D eigenvalue weighted by Crippen LogP contribution is 2.20. The fourth-order valence-electron chi connectivity index (χ4n) is 1.15. The molecule has 0 bridgehead atoms. The quantitative estimate of drug-likeness (QED) is 0.482. The van der Waals surface area contributed by atoms with Gasteiger partial charge in [-0.2, -0.15) is 5.26 Å². The lowest BCUT2D eigenvalue weighted by Gasteiger charge is -2.06. The Morgan fingerprint density at radius 3 is 3.06 bits per heavy atom. The van der Waals surface area contributed by atoms with Crippen LogP contribution in [0.15, 0.2) is 30.1 Å². The maximum Gasteiger partial charge on any atom is 0.350 e. The molecular weight excluding hydrogens is 234 g/mol. The molecule has 1 aromatic rings. The molecule has 0 saturated carbocycles. The molecule has 1 rings (SSSR count). The zero-order chi connectivity index (χ0) is 13.4. The minimum atomic E-state index is -0.678. The van der Waals surface area contributed by atoms with Crippen LogP contribution in [0.25, 0.3) is 0 Å². The van der Waals surface area contributed by atoms with E-state index in [4.69, 9.17) is 14.7 Å². The standard InChI is InChI=1S/C12H13N3O3/c1-3-18-12(16)9(7-13)8-15-11-10(17-2)5-4-6-14-11/h4-6,8H,3H2,1-2H3,(H,14,15). The van der Waals surface area contributed by atoms with Crippen molar-refractivity contribution < 1.29 is 14.3 Å². The largest absolute Gasteiger partial charge is 0.493 e. The first-order valence-corrected chi connectivity index (χ1v) is 5.25. The average molecular weight is 247 g/mol. The van der Waals surface area contributed by atoms with Gasteiger partial charge in [0.1, 0.15) is 6.07 Å². The third-order valence-corrected chi connectivity index (χ3v) is 1.96. The topological polar surface area (TPSA) is 84.2 Å². The van der Waals surface area contributed by atoms with Gasteiger partial charge in [0.2, 0.25) is 0 Å². The molecule has 94 valence electrons. The highest BCUT2D eigenvalue weighted by molar-refractivity contribution is 5.93. The molecule has 6 heteroatoms. The van der Waals surface area contributed by atoms with E-state index in [1.54, 1.807) is 31.3 Å². The van der Waals surface area contributed by atoms with E-state index in [1.165, 1.54) is 13.3 Å². The van der Waals surface area contributed by atoms with Gasteiger partial charge < -0.3 is 14.8 Å². The van der Waals surface area contributed by atoms with Crippen molar-refractivity contribution in [2.75, 3.05) is 19.0 Å². The highest BCUT2D eigenvalue weighted by atomic mass is 16.5. The fourth-order valence-corrected chi connectivity index (χ4v) is 1.15. The third kappa shape index (κ3) is 3.49. The second-order valence-corrected chi connectivity index (χ2v) is 3.09. The first kappa shape index (κ1) is 13.5. The predicted octanol–water partition coefficient (Wildman–Crippen LogP) is 1.47. The Hall–Kier alpha value is -2.55. The Labute approximate surface area is 105 Å². The summed E-state index contributed by atoms with van der Waals surface area (Å²) < 4.78 is 9.78. The van der Waals surface area contributed by atoms with Crippen LogP contribution < -0.4 is 10.1 Å². The summed E-state index contributed by atoms with van der Waals surface area (Å²) in [4.78, 5) is 15.4. The van der Waals surface area contributed by atoms with Crippen LogP contribution >= 0.6 is 0 Å². The van der Waals surface area contributed by atoms with Crippen molar-refractivity contribution >= 4 is 11.8 Å². The molecule has 6 nitrogen and oxygen atoms in total. The van der Waals surface area contributed by atoms with Crippen molar-refractivity contribution in [3.8, 4) is 11.8 Å². The van der Waals surface area contributed by atoms with Crippen molar-refractivity contribution in [2.45, 2.75) is 6.92 Å². The summed E-state index contributed by atoms with van der Waals surface area (Å²) in [6, 6.07) is 5.17. The lowest BCUT2D eigenvalue weighted by molar-refractivity contribution is -0.138. The van der Waals surface area contributed by atoms with Gasteiger partial charge in [-0.05, 0) is 19.1 Å². The minimum absolute atomic E-state index is 0.135. The van der Waals surface area contributed by atoms with E-state index in [9.17, 15) is 4.79 Å². The van der Waals surface area contributed by atoms with E-state index in [1.807, 2.05) is 0 Å². The summed E-state index contributed by atoms with van der Waals surface area (Å²) in [7, 11) is 1.50. The molecule has 0 aromatic carbocycles. The molecule has 0 aliphatic carbocycles. The van der Waals surface area contributed by atoms with Gasteiger partial charge in [-0.15, -0.1) is 0 Å². The zero-order valence-electron chi connectivity index (χ0n) is 10.1. The maximum atomic E-state index is 11.3. The summed E-state index contributed by atoms with van der Waals surface area (Å²) in [6.07, 6.45) is 2.80. The highest BCUT2D eigenvalue weighted by Gasteiger charge is 2.10. The van der Waals surface area contributed by atoms with Crippen LogP contribution in [0.3, 0.4) is 0 Å². The number of rotatable bonds is 5. The molecule has 0 atom stereocenters. The SMILES string of the molecule is CCOC(=O)C(C#N)=CNc1ncccc1OC. The predicted molar refractivity (Wildman–Crippen MR) is 64.7 cm³/mol. The number of carbonyl (C=O) groups is 1. The van der Waals surface area contributed by atoms with Crippen LogP contribution in [0.1, 0.15) is 6.92 Å². The summed E-state index contributed by atoms with van der Waals surface area (Å²) in [6.45, 7) is 1.88. The number of pyridine rings is 1. The van der Waals surface area contributed by atoms with E-state index in [2.05, 4.69) is 10.3 Å². The van der Waals surface area contributed by atoms with Gasteiger partial charge in [0.15, 0.2) is 17.1 Å². The lowest BCUT2D eigenvalue weighted by Crippen LogP contribution is -2.08. The summed E-state index contributed by atoms with van der Waals surface area (Å²) in [5.74, 6) is 0.245. The number of carbonyl (C=O) groups excluding carboxylic acids is 1. The van der Waals surface area contributed by atoms with Gasteiger partial charge in [-0.1, -0.05) is 0 Å². The zero-order valence-corrected chi connectivity index (χ0v) is 10.1. The molecule has 0 aliphatic heterocycles. The van der Waals surface area contributed by atoms with Crippen LogP contribution in [0.2, 0.25) is 0 Å². The molecule has 1 aromatic heterocycles. The van der Waals surface area contributed by atoms with Crippen molar-refractivity contribution in [1.82, 2.24) is 4.98 Å². The van der Waals surface area contributed by atoms with Crippen LogP contribution in [-0.2, 0) is 9.53 Å². The molecule has 1 N–H and O–H groups in total. The second-order valence-electron chi connectivity index (χ2n) is 3.09. The second kappa shape index (κ2) is 6.91. The normalized spacial score (nSPS) is 10.4. The number of hydrogen-bond donors (Lipinski definition) is 1. The van der Waals surface area contributed by atoms with Crippen LogP contribution in [0.5, 0.6) is 5.75 Å². The van der Waals surface area contributed by atoms with E-state index in [0.29, 0.717) is 11.6 Å². The van der Waals surface area contributed by atoms with Crippen molar-refractivity contribution in [3.05, 3.63) is 30.1 Å². The number of anilines is 1. The Balaban J connectivity index is 2.84. The molecule has 0 radical (unpaired) electrons. The molecule has 0 unspecified atom stereocenters. The molecule has 1 heterocycles. The first-order valence-electron chi connectivity index (χ1n) is 5.25. The van der Waals surface area contributed by atoms with Crippen LogP contribution in [-0.4, -0.2) is 24.7 Å². The van der Waals surface area contributed by atoms with E-state index in [-0.39, 0.29) is 12.2 Å². The van der Waals surface area contributed by atoms with Crippen LogP contribution in [0.4, 0.5) is 5.82 Å². The van der Waals surface area contributed by atoms with E-state index in [0.717, 1.165) is 0 Å². The molecule has 0 amide bonds. The lowest BCUT2D eigenvalue weighted by atomic mass is 10.3. The number of methoxy groups -OCH3 is 1. The summed E-state index contributed by atoms with van der Waals surface area (Å²) in [5, 5.41) is 11.5. The summed E-state index contributed by atoms with van der Waals surface area (Å²) >= 11 is 0. The van der Waals surface area contributed by atoms with Gasteiger partial charge in [0, 0.05) is 12.4 Å². The maximum absolute atomic E-state index is 11.3. The number of hydrogen-bond acceptors (Lipinski definition) is 6. The Morgan fingerprint density at radius 2 is 2.44 bits per heavy atom. The first-order chi connectivity index (χ1) is 8.72. The number of aromatic nitrogens is 1. The molecule has 0 spiro atoms. The Bertz CT molecular complexity index is 492. The average Bonchev–Trinajstić information content (AvgIpc) is 2.40. The molecule has 0 saturated heterocycles. The number of ether oxygens (including phenoxy) is 2.